The molecule has 0 unspecified atom stereocenters. The SMILES string of the molecule is COc1ccc(Br)cc1NCCCC(C)(C)N. The number of rotatable bonds is 6. The van der Waals surface area contributed by atoms with Crippen molar-refractivity contribution < 1.29 is 4.74 Å². The lowest BCUT2D eigenvalue weighted by Gasteiger charge is -2.18. The summed E-state index contributed by atoms with van der Waals surface area (Å²) in [5.41, 5.74) is 6.85. The fourth-order valence-electron chi connectivity index (χ4n) is 1.59. The first-order valence-corrected chi connectivity index (χ1v) is 6.58. The van der Waals surface area contributed by atoms with Gasteiger partial charge in [-0.1, -0.05) is 15.9 Å². The quantitative estimate of drug-likeness (QED) is 0.792. The lowest BCUT2D eigenvalue weighted by Crippen LogP contribution is -2.32. The van der Waals surface area contributed by atoms with Crippen LogP contribution in [-0.4, -0.2) is 19.2 Å². The summed E-state index contributed by atoms with van der Waals surface area (Å²) in [6.45, 7) is 4.99. The molecular weight excluding hydrogens is 280 g/mol. The Hall–Kier alpha value is -0.740. The first kappa shape index (κ1) is 14.3. The summed E-state index contributed by atoms with van der Waals surface area (Å²) in [5.74, 6) is 0.861. The van der Waals surface area contributed by atoms with E-state index in [1.165, 1.54) is 0 Å². The molecule has 0 bridgehead atoms. The number of ether oxygens (including phenoxy) is 1. The van der Waals surface area contributed by atoms with Crippen molar-refractivity contribution in [2.45, 2.75) is 32.2 Å². The summed E-state index contributed by atoms with van der Waals surface area (Å²) in [5, 5.41) is 3.37. The van der Waals surface area contributed by atoms with Crippen LogP contribution in [0.5, 0.6) is 5.75 Å². The Morgan fingerprint density at radius 1 is 1.41 bits per heavy atom. The van der Waals surface area contributed by atoms with E-state index in [1.807, 2.05) is 32.0 Å². The molecule has 0 fully saturated rings. The van der Waals surface area contributed by atoms with Gasteiger partial charge in [-0.2, -0.15) is 0 Å². The van der Waals surface area contributed by atoms with Gasteiger partial charge in [-0.05, 0) is 44.9 Å². The van der Waals surface area contributed by atoms with Crippen molar-refractivity contribution in [3.63, 3.8) is 0 Å². The van der Waals surface area contributed by atoms with Gasteiger partial charge in [0.25, 0.3) is 0 Å². The van der Waals surface area contributed by atoms with Gasteiger partial charge >= 0.3 is 0 Å². The number of halogens is 1. The molecule has 0 saturated heterocycles. The van der Waals surface area contributed by atoms with E-state index >= 15 is 0 Å². The molecule has 0 heterocycles. The third kappa shape index (κ3) is 5.41. The second-order valence-electron chi connectivity index (χ2n) is 4.86. The summed E-state index contributed by atoms with van der Waals surface area (Å²) in [4.78, 5) is 0. The average Bonchev–Trinajstić information content (AvgIpc) is 2.23. The molecule has 0 spiro atoms. The third-order valence-electron chi connectivity index (χ3n) is 2.47. The van der Waals surface area contributed by atoms with E-state index in [-0.39, 0.29) is 5.54 Å². The molecule has 3 N–H and O–H groups in total. The number of methoxy groups -OCH3 is 1. The number of nitrogens with one attached hydrogen (secondary N) is 1. The highest BCUT2D eigenvalue weighted by atomic mass is 79.9. The normalized spacial score (nSPS) is 11.4. The van der Waals surface area contributed by atoms with Crippen LogP contribution in [0.15, 0.2) is 22.7 Å². The molecule has 3 nitrogen and oxygen atoms in total. The van der Waals surface area contributed by atoms with Gasteiger partial charge in [-0.3, -0.25) is 0 Å². The molecule has 1 aromatic rings. The smallest absolute Gasteiger partial charge is 0.142 e. The second kappa shape index (κ2) is 6.26. The Morgan fingerprint density at radius 3 is 2.71 bits per heavy atom. The Bertz CT molecular complexity index is 361. The lowest BCUT2D eigenvalue weighted by atomic mass is 10.0. The van der Waals surface area contributed by atoms with Crippen molar-refractivity contribution in [1.82, 2.24) is 0 Å². The highest BCUT2D eigenvalue weighted by Gasteiger charge is 2.09. The Balaban J connectivity index is 2.48. The minimum absolute atomic E-state index is 0.0942. The van der Waals surface area contributed by atoms with E-state index in [9.17, 15) is 0 Å². The molecule has 0 aromatic heterocycles. The van der Waals surface area contributed by atoms with E-state index in [0.717, 1.165) is 35.3 Å². The van der Waals surface area contributed by atoms with Crippen molar-refractivity contribution >= 4 is 21.6 Å². The molecule has 0 atom stereocenters. The highest BCUT2D eigenvalue weighted by molar-refractivity contribution is 9.10. The number of anilines is 1. The van der Waals surface area contributed by atoms with E-state index < -0.39 is 0 Å². The van der Waals surface area contributed by atoms with Gasteiger partial charge in [0.2, 0.25) is 0 Å². The van der Waals surface area contributed by atoms with E-state index in [0.29, 0.717) is 0 Å². The second-order valence-corrected chi connectivity index (χ2v) is 5.78. The van der Waals surface area contributed by atoms with Crippen molar-refractivity contribution in [2.24, 2.45) is 5.73 Å². The van der Waals surface area contributed by atoms with Gasteiger partial charge in [0.15, 0.2) is 0 Å². The Morgan fingerprint density at radius 2 is 2.12 bits per heavy atom. The van der Waals surface area contributed by atoms with Crippen LogP contribution in [0, 0.1) is 0 Å². The average molecular weight is 301 g/mol. The summed E-state index contributed by atoms with van der Waals surface area (Å²) in [6, 6.07) is 5.93. The van der Waals surface area contributed by atoms with Gasteiger partial charge in [0.05, 0.1) is 12.8 Å². The van der Waals surface area contributed by atoms with Crippen LogP contribution in [-0.2, 0) is 0 Å². The first-order chi connectivity index (χ1) is 7.92. The molecule has 1 aromatic carbocycles. The molecule has 0 saturated carbocycles. The minimum atomic E-state index is -0.0942. The zero-order valence-corrected chi connectivity index (χ0v) is 12.3. The molecular formula is C13H21BrN2O. The van der Waals surface area contributed by atoms with Crippen molar-refractivity contribution in [3.8, 4) is 5.75 Å². The van der Waals surface area contributed by atoms with Crippen molar-refractivity contribution in [3.05, 3.63) is 22.7 Å². The van der Waals surface area contributed by atoms with E-state index in [1.54, 1.807) is 7.11 Å². The number of hydrogen-bond donors (Lipinski definition) is 2. The summed E-state index contributed by atoms with van der Waals surface area (Å²) < 4.78 is 6.33. The monoisotopic (exact) mass is 300 g/mol. The number of nitrogens with two attached hydrogens (primary N) is 1. The van der Waals surface area contributed by atoms with Crippen LogP contribution in [0.3, 0.4) is 0 Å². The molecule has 0 aliphatic carbocycles. The molecule has 0 amide bonds. The van der Waals surface area contributed by atoms with Crippen LogP contribution in [0.2, 0.25) is 0 Å². The van der Waals surface area contributed by atoms with Gasteiger partial charge in [-0.15, -0.1) is 0 Å². The first-order valence-electron chi connectivity index (χ1n) is 5.79. The van der Waals surface area contributed by atoms with E-state index in [2.05, 4.69) is 21.2 Å². The summed E-state index contributed by atoms with van der Waals surface area (Å²) in [7, 11) is 1.68. The van der Waals surface area contributed by atoms with Crippen molar-refractivity contribution in [1.29, 1.82) is 0 Å². The fraction of sp³-hybridized carbons (Fsp3) is 0.538. The van der Waals surface area contributed by atoms with Gasteiger partial charge in [0, 0.05) is 16.6 Å². The lowest BCUT2D eigenvalue weighted by molar-refractivity contribution is 0.416. The molecule has 96 valence electrons. The van der Waals surface area contributed by atoms with Crippen molar-refractivity contribution in [2.75, 3.05) is 19.0 Å². The van der Waals surface area contributed by atoms with Crippen LogP contribution < -0.4 is 15.8 Å². The zero-order chi connectivity index (χ0) is 12.9. The predicted molar refractivity (Wildman–Crippen MR) is 76.7 cm³/mol. The molecule has 1 rings (SSSR count). The van der Waals surface area contributed by atoms with Crippen LogP contribution in [0.1, 0.15) is 26.7 Å². The molecule has 17 heavy (non-hydrogen) atoms. The summed E-state index contributed by atoms with van der Waals surface area (Å²) >= 11 is 3.45. The van der Waals surface area contributed by atoms with Crippen LogP contribution >= 0.6 is 15.9 Å². The van der Waals surface area contributed by atoms with E-state index in [4.69, 9.17) is 10.5 Å². The minimum Gasteiger partial charge on any atom is -0.495 e. The zero-order valence-electron chi connectivity index (χ0n) is 10.7. The Labute approximate surface area is 112 Å². The van der Waals surface area contributed by atoms with Gasteiger partial charge in [0.1, 0.15) is 5.75 Å². The maximum Gasteiger partial charge on any atom is 0.142 e. The molecule has 0 aliphatic rings. The topological polar surface area (TPSA) is 47.3 Å². The Kier molecular flexibility index (Phi) is 5.28. The van der Waals surface area contributed by atoms with Gasteiger partial charge < -0.3 is 15.8 Å². The maximum atomic E-state index is 5.94. The van der Waals surface area contributed by atoms with Gasteiger partial charge in [-0.25, -0.2) is 0 Å². The molecule has 0 aliphatic heterocycles. The largest absolute Gasteiger partial charge is 0.495 e. The predicted octanol–water partition coefficient (Wildman–Crippen LogP) is 3.39. The number of hydrogen-bond acceptors (Lipinski definition) is 3. The van der Waals surface area contributed by atoms with Crippen LogP contribution in [0.4, 0.5) is 5.69 Å². The summed E-state index contributed by atoms with van der Waals surface area (Å²) in [6.07, 6.45) is 2.04. The molecule has 4 heteroatoms. The standard InChI is InChI=1S/C13H21BrN2O/c1-13(2,15)7-4-8-16-11-9-10(14)5-6-12(11)17-3/h5-6,9,16H,4,7-8,15H2,1-3H3. The fourth-order valence-corrected chi connectivity index (χ4v) is 1.95. The maximum absolute atomic E-state index is 5.94. The number of benzene rings is 1. The van der Waals surface area contributed by atoms with Crippen LogP contribution in [0.25, 0.3) is 0 Å². The highest BCUT2D eigenvalue weighted by Crippen LogP contribution is 2.27. The third-order valence-corrected chi connectivity index (χ3v) is 2.97. The molecule has 0 radical (unpaired) electrons.